The standard InChI is InChI=1S/C12H17N3S2/c1-15-7-5-14-12(15)11(13-6-9-16-2)10-4-3-8-17-10/h3-5,7-8,11,13H,6,9H2,1-2H3. The quantitative estimate of drug-likeness (QED) is 0.816. The number of rotatable bonds is 6. The lowest BCUT2D eigenvalue weighted by atomic mass is 10.2. The second kappa shape index (κ2) is 6.23. The summed E-state index contributed by atoms with van der Waals surface area (Å²) in [5.41, 5.74) is 0. The molecule has 1 N–H and O–H groups in total. The molecule has 3 nitrogen and oxygen atoms in total. The first-order valence-electron chi connectivity index (χ1n) is 5.56. The Hall–Kier alpha value is -0.780. The molecule has 0 saturated carbocycles. The number of aryl methyl sites for hydroxylation is 1. The van der Waals surface area contributed by atoms with Gasteiger partial charge in [0.1, 0.15) is 11.9 Å². The number of hydrogen-bond donors (Lipinski definition) is 1. The molecule has 2 rings (SSSR count). The van der Waals surface area contributed by atoms with Crippen molar-refractivity contribution in [2.45, 2.75) is 6.04 Å². The van der Waals surface area contributed by atoms with E-state index in [0.29, 0.717) is 0 Å². The minimum atomic E-state index is 0.210. The van der Waals surface area contributed by atoms with Crippen LogP contribution >= 0.6 is 23.1 Å². The molecular formula is C12H17N3S2. The van der Waals surface area contributed by atoms with Crippen molar-refractivity contribution < 1.29 is 0 Å². The third-order valence-electron chi connectivity index (χ3n) is 2.60. The largest absolute Gasteiger partial charge is 0.336 e. The van der Waals surface area contributed by atoms with Gasteiger partial charge in [-0.15, -0.1) is 11.3 Å². The van der Waals surface area contributed by atoms with Gasteiger partial charge in [0.25, 0.3) is 0 Å². The average molecular weight is 267 g/mol. The van der Waals surface area contributed by atoms with Gasteiger partial charge in [0.05, 0.1) is 0 Å². The molecular weight excluding hydrogens is 250 g/mol. The van der Waals surface area contributed by atoms with Gasteiger partial charge in [-0.05, 0) is 17.7 Å². The SMILES string of the molecule is CSCCNC(c1cccs1)c1nccn1C. The number of nitrogens with zero attached hydrogens (tertiary/aromatic N) is 2. The molecule has 1 atom stereocenters. The van der Waals surface area contributed by atoms with Crippen molar-refractivity contribution in [2.24, 2.45) is 7.05 Å². The van der Waals surface area contributed by atoms with Gasteiger partial charge < -0.3 is 9.88 Å². The van der Waals surface area contributed by atoms with E-state index in [2.05, 4.69) is 38.6 Å². The number of aromatic nitrogens is 2. The van der Waals surface area contributed by atoms with Crippen LogP contribution in [0.2, 0.25) is 0 Å². The van der Waals surface area contributed by atoms with Gasteiger partial charge in [-0.3, -0.25) is 0 Å². The highest BCUT2D eigenvalue weighted by Gasteiger charge is 2.18. The summed E-state index contributed by atoms with van der Waals surface area (Å²) >= 11 is 3.63. The van der Waals surface area contributed by atoms with Gasteiger partial charge in [-0.1, -0.05) is 6.07 Å². The fourth-order valence-corrected chi connectivity index (χ4v) is 2.85. The van der Waals surface area contributed by atoms with Crippen molar-refractivity contribution in [3.05, 3.63) is 40.6 Å². The molecule has 0 saturated heterocycles. The Morgan fingerprint density at radius 3 is 3.06 bits per heavy atom. The van der Waals surface area contributed by atoms with Crippen LogP contribution < -0.4 is 5.32 Å². The summed E-state index contributed by atoms with van der Waals surface area (Å²) in [6, 6.07) is 4.46. The third kappa shape index (κ3) is 3.12. The van der Waals surface area contributed by atoms with Crippen molar-refractivity contribution in [3.8, 4) is 0 Å². The van der Waals surface area contributed by atoms with Crippen LogP contribution in [0.3, 0.4) is 0 Å². The van der Waals surface area contributed by atoms with Crippen molar-refractivity contribution in [2.75, 3.05) is 18.6 Å². The molecule has 2 aromatic rings. The lowest BCUT2D eigenvalue weighted by molar-refractivity contribution is 0.587. The van der Waals surface area contributed by atoms with Crippen molar-refractivity contribution in [1.29, 1.82) is 0 Å². The first-order chi connectivity index (χ1) is 8.33. The molecule has 0 aliphatic rings. The fourth-order valence-electron chi connectivity index (χ4n) is 1.74. The zero-order valence-corrected chi connectivity index (χ0v) is 11.7. The number of nitrogens with one attached hydrogen (secondary N) is 1. The van der Waals surface area contributed by atoms with Gasteiger partial charge in [0.2, 0.25) is 0 Å². The molecule has 2 heterocycles. The molecule has 92 valence electrons. The summed E-state index contributed by atoms with van der Waals surface area (Å²) in [5.74, 6) is 2.19. The van der Waals surface area contributed by atoms with E-state index in [1.165, 1.54) is 4.88 Å². The number of hydrogen-bond acceptors (Lipinski definition) is 4. The summed E-state index contributed by atoms with van der Waals surface area (Å²) in [6.45, 7) is 0.997. The molecule has 5 heteroatoms. The smallest absolute Gasteiger partial charge is 0.131 e. The molecule has 0 spiro atoms. The Balaban J connectivity index is 2.16. The maximum Gasteiger partial charge on any atom is 0.131 e. The van der Waals surface area contributed by atoms with Crippen molar-refractivity contribution >= 4 is 23.1 Å². The van der Waals surface area contributed by atoms with E-state index in [1.54, 1.807) is 11.3 Å². The lowest BCUT2D eigenvalue weighted by Gasteiger charge is -2.17. The first kappa shape index (κ1) is 12.7. The molecule has 0 bridgehead atoms. The number of imidazole rings is 1. The Labute approximate surface area is 110 Å². The highest BCUT2D eigenvalue weighted by atomic mass is 32.2. The van der Waals surface area contributed by atoms with Crippen LogP contribution in [-0.2, 0) is 7.05 Å². The Kier molecular flexibility index (Phi) is 4.65. The maximum absolute atomic E-state index is 4.45. The van der Waals surface area contributed by atoms with E-state index in [-0.39, 0.29) is 6.04 Å². The lowest BCUT2D eigenvalue weighted by Crippen LogP contribution is -2.26. The molecule has 0 aromatic carbocycles. The minimum Gasteiger partial charge on any atom is -0.336 e. The van der Waals surface area contributed by atoms with Gasteiger partial charge >= 0.3 is 0 Å². The Morgan fingerprint density at radius 1 is 1.59 bits per heavy atom. The zero-order valence-electron chi connectivity index (χ0n) is 10.1. The Morgan fingerprint density at radius 2 is 2.47 bits per heavy atom. The van der Waals surface area contributed by atoms with Crippen molar-refractivity contribution in [3.63, 3.8) is 0 Å². The molecule has 2 aromatic heterocycles. The first-order valence-corrected chi connectivity index (χ1v) is 7.83. The molecule has 0 aliphatic heterocycles. The van der Waals surface area contributed by atoms with E-state index in [9.17, 15) is 0 Å². The molecule has 1 unspecified atom stereocenters. The van der Waals surface area contributed by atoms with E-state index in [4.69, 9.17) is 0 Å². The van der Waals surface area contributed by atoms with Crippen molar-refractivity contribution in [1.82, 2.24) is 14.9 Å². The predicted octanol–water partition coefficient (Wildman–Crippen LogP) is 2.52. The van der Waals surface area contributed by atoms with E-state index < -0.39 is 0 Å². The summed E-state index contributed by atoms with van der Waals surface area (Å²) in [4.78, 5) is 5.77. The summed E-state index contributed by atoms with van der Waals surface area (Å²) in [5, 5.41) is 5.69. The fraction of sp³-hybridized carbons (Fsp3) is 0.417. The molecule has 0 aliphatic carbocycles. The second-order valence-electron chi connectivity index (χ2n) is 3.79. The molecule has 0 amide bonds. The van der Waals surface area contributed by atoms with Gasteiger partial charge in [0.15, 0.2) is 0 Å². The van der Waals surface area contributed by atoms with Crippen LogP contribution in [0.5, 0.6) is 0 Å². The van der Waals surface area contributed by atoms with Crippen LogP contribution in [-0.4, -0.2) is 28.1 Å². The second-order valence-corrected chi connectivity index (χ2v) is 5.76. The summed E-state index contributed by atoms with van der Waals surface area (Å²) < 4.78 is 2.08. The highest BCUT2D eigenvalue weighted by Crippen LogP contribution is 2.24. The topological polar surface area (TPSA) is 29.9 Å². The highest BCUT2D eigenvalue weighted by molar-refractivity contribution is 7.98. The normalized spacial score (nSPS) is 12.8. The average Bonchev–Trinajstić information content (AvgIpc) is 2.96. The van der Waals surface area contributed by atoms with E-state index in [1.807, 2.05) is 31.2 Å². The van der Waals surface area contributed by atoms with E-state index >= 15 is 0 Å². The summed E-state index contributed by atoms with van der Waals surface area (Å²) in [7, 11) is 2.04. The zero-order chi connectivity index (χ0) is 12.1. The van der Waals surface area contributed by atoms with Gasteiger partial charge in [-0.2, -0.15) is 11.8 Å². The third-order valence-corrected chi connectivity index (χ3v) is 4.15. The van der Waals surface area contributed by atoms with Gasteiger partial charge in [-0.25, -0.2) is 4.98 Å². The monoisotopic (exact) mass is 267 g/mol. The molecule has 0 fully saturated rings. The summed E-state index contributed by atoms with van der Waals surface area (Å²) in [6.07, 6.45) is 5.97. The minimum absolute atomic E-state index is 0.210. The number of thioether (sulfide) groups is 1. The van der Waals surface area contributed by atoms with Crippen LogP contribution in [0, 0.1) is 0 Å². The molecule has 17 heavy (non-hydrogen) atoms. The maximum atomic E-state index is 4.45. The van der Waals surface area contributed by atoms with E-state index in [0.717, 1.165) is 18.1 Å². The Bertz CT molecular complexity index is 436. The number of thiophene rings is 1. The molecule has 0 radical (unpaired) electrons. The predicted molar refractivity (Wildman–Crippen MR) is 75.8 cm³/mol. The van der Waals surface area contributed by atoms with Crippen LogP contribution in [0.4, 0.5) is 0 Å². The van der Waals surface area contributed by atoms with Crippen LogP contribution in [0.25, 0.3) is 0 Å². The van der Waals surface area contributed by atoms with Crippen LogP contribution in [0.1, 0.15) is 16.7 Å². The van der Waals surface area contributed by atoms with Crippen LogP contribution in [0.15, 0.2) is 29.9 Å². The van der Waals surface area contributed by atoms with Gasteiger partial charge in [0, 0.05) is 36.6 Å².